The summed E-state index contributed by atoms with van der Waals surface area (Å²) in [5.74, 6) is -0.334. The molecule has 2 saturated heterocycles. The zero-order valence-electron chi connectivity index (χ0n) is 16.5. The molecule has 2 amide bonds. The van der Waals surface area contributed by atoms with E-state index >= 15 is 0 Å². The van der Waals surface area contributed by atoms with Crippen molar-refractivity contribution in [3.63, 3.8) is 0 Å². The van der Waals surface area contributed by atoms with E-state index in [0.717, 1.165) is 32.7 Å². The highest BCUT2D eigenvalue weighted by Crippen LogP contribution is 2.60. The number of piperazine rings is 1. The van der Waals surface area contributed by atoms with Gasteiger partial charge >= 0.3 is 0 Å². The molecule has 2 heterocycles. The van der Waals surface area contributed by atoms with Gasteiger partial charge in [0.15, 0.2) is 0 Å². The summed E-state index contributed by atoms with van der Waals surface area (Å²) < 4.78 is 0. The van der Waals surface area contributed by atoms with Gasteiger partial charge in [-0.3, -0.25) is 14.5 Å². The maximum atomic E-state index is 13.5. The SMILES string of the molecule is O=C1[C@@H]2C3c4ccccc4C(c4ccccc43)[C@H]2C(=O)N1CC[NH+]1CC[NH2+]CC1. The van der Waals surface area contributed by atoms with Crippen LogP contribution in [0.2, 0.25) is 0 Å². The molecule has 148 valence electrons. The van der Waals surface area contributed by atoms with Crippen LogP contribution in [0.1, 0.15) is 34.1 Å². The lowest BCUT2D eigenvalue weighted by molar-refractivity contribution is -0.946. The Kier molecular flexibility index (Phi) is 3.90. The standard InChI is InChI=1S/C24H25N3O2/c28-23-21-19-15-5-1-2-6-16(15)20(18-8-4-3-7-17(18)19)22(21)24(29)27(23)14-13-26-11-9-25-10-12-26/h1-8,19-22,25H,9-14H2/p+2/t19?,20?,21-,22-/m1/s1. The molecule has 3 N–H and O–H groups in total. The first-order chi connectivity index (χ1) is 14.3. The third-order valence-electron chi connectivity index (χ3n) is 7.63. The second-order valence-corrected chi connectivity index (χ2v) is 8.96. The van der Waals surface area contributed by atoms with Crippen molar-refractivity contribution in [2.45, 2.75) is 11.8 Å². The Morgan fingerprint density at radius 1 is 0.793 bits per heavy atom. The maximum absolute atomic E-state index is 13.5. The first-order valence-corrected chi connectivity index (χ1v) is 10.9. The van der Waals surface area contributed by atoms with Gasteiger partial charge in [0.05, 0.1) is 24.9 Å². The number of hydrogen-bond acceptors (Lipinski definition) is 2. The number of nitrogens with zero attached hydrogens (tertiary/aromatic N) is 1. The lowest BCUT2D eigenvalue weighted by atomic mass is 9.55. The van der Waals surface area contributed by atoms with Crippen LogP contribution in [0.5, 0.6) is 0 Å². The molecule has 0 aromatic heterocycles. The first kappa shape index (κ1) is 17.4. The molecule has 5 nitrogen and oxygen atoms in total. The van der Waals surface area contributed by atoms with Crippen molar-refractivity contribution in [1.82, 2.24) is 4.90 Å². The topological polar surface area (TPSA) is 58.4 Å². The number of benzene rings is 2. The lowest BCUT2D eigenvalue weighted by Gasteiger charge is -2.45. The van der Waals surface area contributed by atoms with E-state index in [1.54, 1.807) is 4.90 Å². The summed E-state index contributed by atoms with van der Waals surface area (Å²) in [6.07, 6.45) is 0. The highest BCUT2D eigenvalue weighted by atomic mass is 16.2. The molecule has 29 heavy (non-hydrogen) atoms. The Morgan fingerprint density at radius 2 is 1.24 bits per heavy atom. The van der Waals surface area contributed by atoms with Crippen LogP contribution in [0, 0.1) is 11.8 Å². The predicted molar refractivity (Wildman–Crippen MR) is 107 cm³/mol. The van der Waals surface area contributed by atoms with Gasteiger partial charge < -0.3 is 10.2 Å². The molecule has 0 saturated carbocycles. The summed E-state index contributed by atoms with van der Waals surface area (Å²) in [5, 5.41) is 2.34. The van der Waals surface area contributed by atoms with Crippen molar-refractivity contribution < 1.29 is 19.8 Å². The molecule has 0 spiro atoms. The molecule has 2 atom stereocenters. The third kappa shape index (κ3) is 2.41. The molecule has 0 radical (unpaired) electrons. The van der Waals surface area contributed by atoms with Crippen LogP contribution in [0.15, 0.2) is 48.5 Å². The van der Waals surface area contributed by atoms with E-state index in [2.05, 4.69) is 53.8 Å². The molecule has 5 aliphatic rings. The number of quaternary nitrogens is 2. The number of nitrogens with one attached hydrogen (secondary N) is 1. The molecule has 0 unspecified atom stereocenters. The fraction of sp³-hybridized carbons (Fsp3) is 0.417. The molecule has 5 heteroatoms. The average Bonchev–Trinajstić information content (AvgIpc) is 3.03. The minimum absolute atomic E-state index is 0.00998. The van der Waals surface area contributed by atoms with Crippen molar-refractivity contribution in [3.8, 4) is 0 Å². The van der Waals surface area contributed by atoms with Gasteiger partial charge in [0.2, 0.25) is 11.8 Å². The summed E-state index contributed by atoms with van der Waals surface area (Å²) >= 11 is 0. The Hall–Kier alpha value is -2.50. The molecular weight excluding hydrogens is 362 g/mol. The van der Waals surface area contributed by atoms with E-state index in [4.69, 9.17) is 0 Å². The molecule has 7 rings (SSSR count). The fourth-order valence-corrected chi connectivity index (χ4v) is 6.36. The van der Waals surface area contributed by atoms with E-state index < -0.39 is 0 Å². The number of hydrogen-bond donors (Lipinski definition) is 2. The smallest absolute Gasteiger partial charge is 0.234 e. The quantitative estimate of drug-likeness (QED) is 0.685. The highest BCUT2D eigenvalue weighted by molar-refractivity contribution is 6.07. The summed E-state index contributed by atoms with van der Waals surface area (Å²) in [7, 11) is 0. The van der Waals surface area contributed by atoms with Crippen LogP contribution in [0.3, 0.4) is 0 Å². The van der Waals surface area contributed by atoms with Crippen LogP contribution < -0.4 is 10.2 Å². The number of nitrogens with two attached hydrogens (primary N) is 1. The van der Waals surface area contributed by atoms with Crippen LogP contribution >= 0.6 is 0 Å². The van der Waals surface area contributed by atoms with Crippen LogP contribution in [-0.4, -0.2) is 56.0 Å². The molecule has 2 aromatic rings. The van der Waals surface area contributed by atoms with E-state index in [-0.39, 0.29) is 35.5 Å². The van der Waals surface area contributed by atoms with Gasteiger partial charge in [-0.1, -0.05) is 48.5 Å². The van der Waals surface area contributed by atoms with E-state index in [9.17, 15) is 9.59 Å². The highest BCUT2D eigenvalue weighted by Gasteiger charge is 2.61. The zero-order valence-corrected chi connectivity index (χ0v) is 16.5. The van der Waals surface area contributed by atoms with E-state index in [1.807, 2.05) is 0 Å². The van der Waals surface area contributed by atoms with Crippen molar-refractivity contribution in [1.29, 1.82) is 0 Å². The van der Waals surface area contributed by atoms with Crippen molar-refractivity contribution in [3.05, 3.63) is 70.8 Å². The molecule has 2 aromatic carbocycles. The number of amides is 2. The van der Waals surface area contributed by atoms with Gasteiger partial charge in [0.25, 0.3) is 0 Å². The number of rotatable bonds is 3. The normalized spacial score (nSPS) is 30.3. The molecule has 3 aliphatic carbocycles. The van der Waals surface area contributed by atoms with E-state index in [1.165, 1.54) is 27.2 Å². The van der Waals surface area contributed by atoms with Gasteiger partial charge in [-0.2, -0.15) is 0 Å². The van der Waals surface area contributed by atoms with Crippen molar-refractivity contribution in [2.24, 2.45) is 11.8 Å². The summed E-state index contributed by atoms with van der Waals surface area (Å²) in [6, 6.07) is 16.9. The molecule has 2 aliphatic heterocycles. The van der Waals surface area contributed by atoms with Gasteiger partial charge in [-0.25, -0.2) is 0 Å². The van der Waals surface area contributed by atoms with Crippen LogP contribution in [0.25, 0.3) is 0 Å². The Labute approximate surface area is 170 Å². The minimum Gasteiger partial charge on any atom is -0.337 e. The Balaban J connectivity index is 1.37. The molecule has 2 bridgehead atoms. The summed E-state index contributed by atoms with van der Waals surface area (Å²) in [4.78, 5) is 30.2. The minimum atomic E-state index is -0.234. The number of carbonyl (C=O) groups is 2. The van der Waals surface area contributed by atoms with Crippen LogP contribution in [-0.2, 0) is 9.59 Å². The lowest BCUT2D eigenvalue weighted by Crippen LogP contribution is -3.20. The van der Waals surface area contributed by atoms with Gasteiger partial charge in [0, 0.05) is 11.8 Å². The number of likely N-dealkylation sites (tertiary alicyclic amines) is 1. The zero-order chi connectivity index (χ0) is 19.5. The molecular formula is C24H27N3O2+2. The van der Waals surface area contributed by atoms with Crippen molar-refractivity contribution >= 4 is 11.8 Å². The van der Waals surface area contributed by atoms with E-state index in [0.29, 0.717) is 6.54 Å². The third-order valence-corrected chi connectivity index (χ3v) is 7.63. The summed E-state index contributed by atoms with van der Waals surface area (Å²) in [5.41, 5.74) is 4.99. The van der Waals surface area contributed by atoms with Crippen LogP contribution in [0.4, 0.5) is 0 Å². The number of imide groups is 1. The fourth-order valence-electron chi connectivity index (χ4n) is 6.36. The second kappa shape index (κ2) is 6.51. The summed E-state index contributed by atoms with van der Waals surface area (Å²) in [6.45, 7) is 5.94. The Morgan fingerprint density at radius 3 is 1.69 bits per heavy atom. The van der Waals surface area contributed by atoms with Gasteiger partial charge in [0.1, 0.15) is 26.2 Å². The van der Waals surface area contributed by atoms with Gasteiger partial charge in [-0.05, 0) is 22.3 Å². The first-order valence-electron chi connectivity index (χ1n) is 10.9. The Bertz CT molecular complexity index is 882. The maximum Gasteiger partial charge on any atom is 0.234 e. The van der Waals surface area contributed by atoms with Gasteiger partial charge in [-0.15, -0.1) is 0 Å². The van der Waals surface area contributed by atoms with Crippen molar-refractivity contribution in [2.75, 3.05) is 39.3 Å². The largest absolute Gasteiger partial charge is 0.337 e. The predicted octanol–water partition coefficient (Wildman–Crippen LogP) is -0.659. The monoisotopic (exact) mass is 389 g/mol. The average molecular weight is 389 g/mol. The molecule has 2 fully saturated rings. The second-order valence-electron chi connectivity index (χ2n) is 8.96. The number of carbonyl (C=O) groups excluding carboxylic acids is 2.